The van der Waals surface area contributed by atoms with Crippen LogP contribution in [0.15, 0.2) is 0 Å². The molecule has 0 aromatic heterocycles. The Balaban J connectivity index is 3.04. The standard InChI is InChI=1S/C6H14NO2P/c1-6(9-10-8)4-2-3-5-7/h6H,2-5,7H2,1H3. The summed E-state index contributed by atoms with van der Waals surface area (Å²) in [5, 5.41) is 0. The lowest BCUT2D eigenvalue weighted by Crippen LogP contribution is -2.04. The third kappa shape index (κ3) is 6.14. The van der Waals surface area contributed by atoms with Gasteiger partial charge in [-0.2, -0.15) is 0 Å². The van der Waals surface area contributed by atoms with Crippen LogP contribution in [0.4, 0.5) is 0 Å². The SMILES string of the molecule is CC(CCCCN)OP=O. The van der Waals surface area contributed by atoms with E-state index in [0.29, 0.717) is 0 Å². The lowest BCUT2D eigenvalue weighted by atomic mass is 10.2. The minimum absolute atomic E-state index is 0.0886. The van der Waals surface area contributed by atoms with Gasteiger partial charge in [0.15, 0.2) is 0 Å². The zero-order valence-electron chi connectivity index (χ0n) is 6.25. The molecule has 0 rings (SSSR count). The number of unbranched alkanes of at least 4 members (excludes halogenated alkanes) is 1. The molecular formula is C6H14NO2P. The molecule has 1 unspecified atom stereocenters. The van der Waals surface area contributed by atoms with Crippen LogP contribution in [0.3, 0.4) is 0 Å². The van der Waals surface area contributed by atoms with Gasteiger partial charge in [-0.1, -0.05) is 0 Å². The molecule has 2 N–H and O–H groups in total. The Morgan fingerprint density at radius 1 is 1.60 bits per heavy atom. The third-order valence-corrected chi connectivity index (χ3v) is 1.73. The highest BCUT2D eigenvalue weighted by Crippen LogP contribution is 2.08. The summed E-state index contributed by atoms with van der Waals surface area (Å²) < 4.78 is 14.7. The Labute approximate surface area is 63.2 Å². The van der Waals surface area contributed by atoms with Crippen molar-refractivity contribution in [3.8, 4) is 0 Å². The van der Waals surface area contributed by atoms with Crippen LogP contribution in [0.1, 0.15) is 26.2 Å². The van der Waals surface area contributed by atoms with Gasteiger partial charge in [0.25, 0.3) is 0 Å². The van der Waals surface area contributed by atoms with Crippen LogP contribution in [0.25, 0.3) is 0 Å². The van der Waals surface area contributed by atoms with Crippen molar-refractivity contribution in [2.75, 3.05) is 6.54 Å². The first-order chi connectivity index (χ1) is 4.81. The molecule has 0 radical (unpaired) electrons. The Morgan fingerprint density at radius 3 is 2.80 bits per heavy atom. The molecule has 1 atom stereocenters. The quantitative estimate of drug-likeness (QED) is 0.479. The van der Waals surface area contributed by atoms with Gasteiger partial charge in [-0.05, 0) is 32.7 Å². The topological polar surface area (TPSA) is 52.3 Å². The molecule has 0 spiro atoms. The van der Waals surface area contributed by atoms with E-state index < -0.39 is 0 Å². The summed E-state index contributed by atoms with van der Waals surface area (Å²) in [6, 6.07) is 0. The molecule has 0 heterocycles. The molecule has 3 nitrogen and oxygen atoms in total. The monoisotopic (exact) mass is 163 g/mol. The van der Waals surface area contributed by atoms with Crippen LogP contribution in [0.5, 0.6) is 0 Å². The van der Waals surface area contributed by atoms with E-state index >= 15 is 0 Å². The maximum Gasteiger partial charge on any atom is 0.327 e. The van der Waals surface area contributed by atoms with E-state index in [4.69, 9.17) is 10.3 Å². The summed E-state index contributed by atoms with van der Waals surface area (Å²) >= 11 is 0. The molecule has 0 aromatic carbocycles. The van der Waals surface area contributed by atoms with Gasteiger partial charge in [0, 0.05) is 0 Å². The van der Waals surface area contributed by atoms with Gasteiger partial charge in [-0.3, -0.25) is 4.52 Å². The highest BCUT2D eigenvalue weighted by Gasteiger charge is 1.99. The van der Waals surface area contributed by atoms with E-state index in [2.05, 4.69) is 0 Å². The summed E-state index contributed by atoms with van der Waals surface area (Å²) in [6.07, 6.45) is 3.09. The predicted molar refractivity (Wildman–Crippen MR) is 41.1 cm³/mol. The first-order valence-corrected chi connectivity index (χ1v) is 4.22. The van der Waals surface area contributed by atoms with Crippen LogP contribution in [0.2, 0.25) is 0 Å². The maximum atomic E-state index is 9.90. The highest BCUT2D eigenvalue weighted by atomic mass is 31.1. The molecule has 0 aliphatic rings. The smallest absolute Gasteiger partial charge is 0.327 e. The summed E-state index contributed by atoms with van der Waals surface area (Å²) in [5.41, 5.74) is 5.28. The summed E-state index contributed by atoms with van der Waals surface area (Å²) in [7, 11) is -0.222. The van der Waals surface area contributed by atoms with E-state index in [1.54, 1.807) is 0 Å². The number of hydrogen-bond acceptors (Lipinski definition) is 3. The second-order valence-electron chi connectivity index (χ2n) is 2.28. The first-order valence-electron chi connectivity index (χ1n) is 3.49. The lowest BCUT2D eigenvalue weighted by molar-refractivity contribution is 0.229. The molecule has 0 amide bonds. The molecule has 0 fully saturated rings. The van der Waals surface area contributed by atoms with Crippen molar-refractivity contribution < 1.29 is 9.09 Å². The van der Waals surface area contributed by atoms with E-state index in [1.165, 1.54) is 0 Å². The lowest BCUT2D eigenvalue weighted by Gasteiger charge is -2.04. The van der Waals surface area contributed by atoms with Gasteiger partial charge in [0.05, 0.1) is 6.10 Å². The van der Waals surface area contributed by atoms with Crippen molar-refractivity contribution >= 4 is 8.69 Å². The summed E-state index contributed by atoms with van der Waals surface area (Å²) in [4.78, 5) is 0. The molecule has 0 saturated carbocycles. The molecule has 10 heavy (non-hydrogen) atoms. The minimum Gasteiger partial charge on any atom is -0.330 e. The van der Waals surface area contributed by atoms with Crippen molar-refractivity contribution in [1.82, 2.24) is 0 Å². The third-order valence-electron chi connectivity index (χ3n) is 1.29. The molecule has 0 bridgehead atoms. The van der Waals surface area contributed by atoms with Crippen LogP contribution >= 0.6 is 8.69 Å². The van der Waals surface area contributed by atoms with E-state index in [9.17, 15) is 4.57 Å². The average Bonchev–Trinajstić information content (AvgIpc) is 1.89. The Bertz CT molecular complexity index is 89.8. The van der Waals surface area contributed by atoms with Crippen molar-refractivity contribution in [2.45, 2.75) is 32.3 Å². The van der Waals surface area contributed by atoms with E-state index in [-0.39, 0.29) is 14.8 Å². The molecular weight excluding hydrogens is 149 g/mol. The van der Waals surface area contributed by atoms with Gasteiger partial charge in [0.1, 0.15) is 0 Å². The molecule has 0 saturated heterocycles. The number of hydrogen-bond donors (Lipinski definition) is 1. The zero-order valence-corrected chi connectivity index (χ0v) is 7.14. The number of rotatable bonds is 6. The fourth-order valence-corrected chi connectivity index (χ4v) is 0.955. The van der Waals surface area contributed by atoms with Crippen LogP contribution in [-0.2, 0) is 9.09 Å². The minimum atomic E-state index is -0.222. The fraction of sp³-hybridized carbons (Fsp3) is 1.00. The Kier molecular flexibility index (Phi) is 7.15. The van der Waals surface area contributed by atoms with Gasteiger partial charge >= 0.3 is 8.69 Å². The zero-order chi connectivity index (χ0) is 7.82. The van der Waals surface area contributed by atoms with Gasteiger partial charge in [-0.25, -0.2) is 4.57 Å². The van der Waals surface area contributed by atoms with Crippen LogP contribution in [-0.4, -0.2) is 12.6 Å². The van der Waals surface area contributed by atoms with E-state index in [1.807, 2.05) is 6.92 Å². The van der Waals surface area contributed by atoms with Gasteiger partial charge in [0.2, 0.25) is 0 Å². The predicted octanol–water partition coefficient (Wildman–Crippen LogP) is 1.73. The average molecular weight is 163 g/mol. The van der Waals surface area contributed by atoms with Crippen molar-refractivity contribution in [3.63, 3.8) is 0 Å². The molecule has 0 aliphatic heterocycles. The normalized spacial score (nSPS) is 13.8. The van der Waals surface area contributed by atoms with Gasteiger partial charge < -0.3 is 5.73 Å². The molecule has 4 heteroatoms. The van der Waals surface area contributed by atoms with E-state index in [0.717, 1.165) is 25.8 Å². The fourth-order valence-electron chi connectivity index (χ4n) is 0.702. The maximum absolute atomic E-state index is 9.90. The Morgan fingerprint density at radius 2 is 2.30 bits per heavy atom. The van der Waals surface area contributed by atoms with Gasteiger partial charge in [-0.15, -0.1) is 0 Å². The van der Waals surface area contributed by atoms with Crippen LogP contribution < -0.4 is 5.73 Å². The highest BCUT2D eigenvalue weighted by molar-refractivity contribution is 7.17. The second kappa shape index (κ2) is 7.13. The number of nitrogens with two attached hydrogens (primary N) is 1. The van der Waals surface area contributed by atoms with Crippen molar-refractivity contribution in [2.24, 2.45) is 5.73 Å². The molecule has 60 valence electrons. The van der Waals surface area contributed by atoms with Crippen molar-refractivity contribution in [1.29, 1.82) is 0 Å². The molecule has 0 aliphatic carbocycles. The summed E-state index contributed by atoms with van der Waals surface area (Å²) in [5.74, 6) is 0. The largest absolute Gasteiger partial charge is 0.330 e. The van der Waals surface area contributed by atoms with Crippen molar-refractivity contribution in [3.05, 3.63) is 0 Å². The first kappa shape index (κ1) is 10.0. The van der Waals surface area contributed by atoms with Crippen LogP contribution in [0, 0.1) is 0 Å². The Hall–Kier alpha value is 0.0200. The summed E-state index contributed by atoms with van der Waals surface area (Å²) in [6.45, 7) is 2.63. The second-order valence-corrected chi connectivity index (χ2v) is 2.63. The molecule has 0 aromatic rings.